The van der Waals surface area contributed by atoms with Crippen LogP contribution < -0.4 is 14.2 Å². The average molecular weight is 545 g/mol. The first-order valence-electron chi connectivity index (χ1n) is 12.4. The van der Waals surface area contributed by atoms with Gasteiger partial charge < -0.3 is 23.5 Å². The first-order chi connectivity index (χ1) is 18.2. The van der Waals surface area contributed by atoms with Gasteiger partial charge in [0.15, 0.2) is 11.5 Å². The Balaban J connectivity index is 1.84. The molecule has 0 bridgehead atoms. The number of nitrogens with zero attached hydrogens (tertiary/aromatic N) is 2. The number of hydrogen-bond acceptors (Lipinski definition) is 7. The molecule has 1 atom stereocenters. The molecule has 1 heterocycles. The molecule has 2 aromatic carbocycles. The first-order valence-corrected chi connectivity index (χ1v) is 13.8. The van der Waals surface area contributed by atoms with Crippen LogP contribution in [0.25, 0.3) is 0 Å². The highest BCUT2D eigenvalue weighted by Crippen LogP contribution is 2.28. The Morgan fingerprint density at radius 1 is 0.974 bits per heavy atom. The van der Waals surface area contributed by atoms with Gasteiger partial charge in [-0.3, -0.25) is 4.79 Å². The number of furan rings is 1. The summed E-state index contributed by atoms with van der Waals surface area (Å²) in [7, 11) is 0.726. The van der Waals surface area contributed by atoms with Gasteiger partial charge in [0.25, 0.3) is 0 Å². The summed E-state index contributed by atoms with van der Waals surface area (Å²) in [5.41, 5.74) is 0.949. The molecule has 9 nitrogen and oxygen atoms in total. The Labute approximate surface area is 225 Å². The van der Waals surface area contributed by atoms with Gasteiger partial charge >= 0.3 is 0 Å². The topological polar surface area (TPSA) is 98.5 Å². The molecule has 0 aliphatic carbocycles. The van der Waals surface area contributed by atoms with Crippen molar-refractivity contribution in [2.24, 2.45) is 0 Å². The molecular formula is C28H36N2O7S. The van der Waals surface area contributed by atoms with Gasteiger partial charge in [0.1, 0.15) is 11.5 Å². The van der Waals surface area contributed by atoms with Crippen LogP contribution >= 0.6 is 0 Å². The second-order valence-electron chi connectivity index (χ2n) is 8.82. The number of carbonyl (C=O) groups excluding carboxylic acids is 1. The minimum absolute atomic E-state index is 0.106. The number of methoxy groups -OCH3 is 3. The molecule has 0 saturated heterocycles. The molecule has 3 aromatic rings. The van der Waals surface area contributed by atoms with Crippen LogP contribution in [-0.4, -0.2) is 64.0 Å². The Bertz CT molecular complexity index is 1280. The number of sulfonamides is 1. The van der Waals surface area contributed by atoms with E-state index in [0.717, 1.165) is 5.56 Å². The van der Waals surface area contributed by atoms with Crippen molar-refractivity contribution in [2.45, 2.75) is 44.2 Å². The SMILES string of the molecule is CCC(C)N(CC(=O)N(CCc1ccc(OC)c(OC)c1)Cc1ccco1)S(=O)(=O)c1ccc(OC)cc1. The van der Waals surface area contributed by atoms with Crippen molar-refractivity contribution in [1.82, 2.24) is 9.21 Å². The van der Waals surface area contributed by atoms with Crippen molar-refractivity contribution < 1.29 is 31.8 Å². The molecular weight excluding hydrogens is 508 g/mol. The van der Waals surface area contributed by atoms with Crippen LogP contribution in [0.1, 0.15) is 31.6 Å². The highest BCUT2D eigenvalue weighted by Gasteiger charge is 2.32. The molecule has 1 unspecified atom stereocenters. The quantitative estimate of drug-likeness (QED) is 0.297. The maximum Gasteiger partial charge on any atom is 0.243 e. The standard InChI is InChI=1S/C28H36N2O7S/c1-6-21(2)30(38(32,33)25-12-10-23(34-3)11-13-25)20-28(31)29(19-24-8-7-17-37-24)16-15-22-9-14-26(35-4)27(18-22)36-5/h7-14,17-18,21H,6,15-16,19-20H2,1-5H3. The zero-order valence-corrected chi connectivity index (χ0v) is 23.4. The molecule has 0 saturated carbocycles. The molecule has 3 rings (SSSR count). The monoisotopic (exact) mass is 544 g/mol. The van der Waals surface area contributed by atoms with Crippen molar-refractivity contribution in [3.8, 4) is 17.2 Å². The lowest BCUT2D eigenvalue weighted by atomic mass is 10.1. The predicted molar refractivity (Wildman–Crippen MR) is 144 cm³/mol. The minimum Gasteiger partial charge on any atom is -0.497 e. The van der Waals surface area contributed by atoms with Crippen LogP contribution in [0, 0.1) is 0 Å². The lowest BCUT2D eigenvalue weighted by Gasteiger charge is -2.30. The smallest absolute Gasteiger partial charge is 0.243 e. The number of benzene rings is 2. The highest BCUT2D eigenvalue weighted by atomic mass is 32.2. The number of hydrogen-bond donors (Lipinski definition) is 0. The van der Waals surface area contributed by atoms with Gasteiger partial charge in [0.05, 0.1) is 45.6 Å². The van der Waals surface area contributed by atoms with Gasteiger partial charge in [-0.1, -0.05) is 13.0 Å². The van der Waals surface area contributed by atoms with Crippen LogP contribution in [0.5, 0.6) is 17.2 Å². The van der Waals surface area contributed by atoms with Crippen LogP contribution in [0.3, 0.4) is 0 Å². The fourth-order valence-corrected chi connectivity index (χ4v) is 5.63. The summed E-state index contributed by atoms with van der Waals surface area (Å²) in [4.78, 5) is 15.4. The van der Waals surface area contributed by atoms with E-state index >= 15 is 0 Å². The average Bonchev–Trinajstić information content (AvgIpc) is 3.46. The molecule has 0 fully saturated rings. The van der Waals surface area contributed by atoms with E-state index in [1.54, 1.807) is 56.6 Å². The lowest BCUT2D eigenvalue weighted by Crippen LogP contribution is -2.46. The van der Waals surface area contributed by atoms with E-state index in [4.69, 9.17) is 18.6 Å². The van der Waals surface area contributed by atoms with Gasteiger partial charge in [-0.05, 0) is 73.9 Å². The molecule has 1 amide bonds. The highest BCUT2D eigenvalue weighted by molar-refractivity contribution is 7.89. The second-order valence-corrected chi connectivity index (χ2v) is 10.7. The van der Waals surface area contributed by atoms with Crippen LogP contribution in [0.15, 0.2) is 70.2 Å². The lowest BCUT2D eigenvalue weighted by molar-refractivity contribution is -0.132. The zero-order valence-electron chi connectivity index (χ0n) is 22.5. The third-order valence-electron chi connectivity index (χ3n) is 6.44. The van der Waals surface area contributed by atoms with Gasteiger partial charge in [-0.15, -0.1) is 0 Å². The minimum atomic E-state index is -3.94. The van der Waals surface area contributed by atoms with E-state index in [0.29, 0.717) is 42.4 Å². The molecule has 10 heteroatoms. The molecule has 0 radical (unpaired) electrons. The fourth-order valence-electron chi connectivity index (χ4n) is 3.98. The van der Waals surface area contributed by atoms with E-state index in [1.165, 1.54) is 23.5 Å². The first kappa shape index (κ1) is 29.1. The van der Waals surface area contributed by atoms with Crippen molar-refractivity contribution in [2.75, 3.05) is 34.4 Å². The van der Waals surface area contributed by atoms with Crippen LogP contribution in [0.4, 0.5) is 0 Å². The van der Waals surface area contributed by atoms with E-state index < -0.39 is 10.0 Å². The predicted octanol–water partition coefficient (Wildman–Crippen LogP) is 4.37. The molecule has 0 aliphatic heterocycles. The summed E-state index contributed by atoms with van der Waals surface area (Å²) in [6.45, 7) is 3.97. The van der Waals surface area contributed by atoms with Gasteiger partial charge in [-0.25, -0.2) is 8.42 Å². The summed E-state index contributed by atoms with van der Waals surface area (Å²) in [5.74, 6) is 2.06. The third-order valence-corrected chi connectivity index (χ3v) is 8.41. The molecule has 38 heavy (non-hydrogen) atoms. The second kappa shape index (κ2) is 13.3. The number of rotatable bonds is 14. The van der Waals surface area contributed by atoms with Gasteiger partial charge in [0.2, 0.25) is 15.9 Å². The summed E-state index contributed by atoms with van der Waals surface area (Å²) in [6, 6.07) is 14.9. The van der Waals surface area contributed by atoms with Crippen molar-refractivity contribution >= 4 is 15.9 Å². The molecule has 206 valence electrons. The van der Waals surface area contributed by atoms with E-state index in [1.807, 2.05) is 25.1 Å². The van der Waals surface area contributed by atoms with Crippen molar-refractivity contribution in [3.05, 3.63) is 72.2 Å². The fraction of sp³-hybridized carbons (Fsp3) is 0.393. The summed E-state index contributed by atoms with van der Waals surface area (Å²) in [6.07, 6.45) is 2.62. The number of carbonyl (C=O) groups is 1. The van der Waals surface area contributed by atoms with Crippen molar-refractivity contribution in [1.29, 1.82) is 0 Å². The van der Waals surface area contributed by atoms with Crippen LogP contribution in [0.2, 0.25) is 0 Å². The van der Waals surface area contributed by atoms with Gasteiger partial charge in [0, 0.05) is 12.6 Å². The zero-order chi connectivity index (χ0) is 27.7. The Hall–Kier alpha value is -3.50. The number of ether oxygens (including phenoxy) is 3. The maximum atomic E-state index is 13.6. The van der Waals surface area contributed by atoms with Gasteiger partial charge in [-0.2, -0.15) is 4.31 Å². The normalized spacial score (nSPS) is 12.3. The van der Waals surface area contributed by atoms with E-state index in [2.05, 4.69) is 0 Å². The summed E-state index contributed by atoms with van der Waals surface area (Å²) < 4.78 is 49.8. The molecule has 1 aromatic heterocycles. The van der Waals surface area contributed by atoms with E-state index in [-0.39, 0.29) is 29.9 Å². The maximum absolute atomic E-state index is 13.6. The Kier molecular flexibility index (Phi) is 10.2. The molecule has 0 aliphatic rings. The third kappa shape index (κ3) is 7.08. The van der Waals surface area contributed by atoms with E-state index in [9.17, 15) is 13.2 Å². The largest absolute Gasteiger partial charge is 0.497 e. The number of amides is 1. The molecule has 0 N–H and O–H groups in total. The van der Waals surface area contributed by atoms with Crippen LogP contribution in [-0.2, 0) is 27.8 Å². The summed E-state index contributed by atoms with van der Waals surface area (Å²) >= 11 is 0. The Morgan fingerprint density at radius 3 is 2.26 bits per heavy atom. The Morgan fingerprint density at radius 2 is 1.68 bits per heavy atom. The molecule has 0 spiro atoms. The van der Waals surface area contributed by atoms with Crippen molar-refractivity contribution in [3.63, 3.8) is 0 Å². The summed E-state index contributed by atoms with van der Waals surface area (Å²) in [5, 5.41) is 0.